The van der Waals surface area contributed by atoms with Crippen LogP contribution in [0.5, 0.6) is 0 Å². The van der Waals surface area contributed by atoms with Gasteiger partial charge in [-0.05, 0) is 12.8 Å². The number of hydrogen-bond donors (Lipinski definition) is 4. The fourth-order valence-electron chi connectivity index (χ4n) is 1.87. The topological polar surface area (TPSA) is 115 Å². The molecule has 6 nitrogen and oxygen atoms in total. The molecule has 0 atom stereocenters. The molecule has 0 radical (unpaired) electrons. The first-order chi connectivity index (χ1) is 6.21. The van der Waals surface area contributed by atoms with E-state index in [2.05, 4.69) is 0 Å². The normalized spacial score (nSPS) is 23.4. The molecular weight excluding hydrogens is 230 g/mol. The molecule has 0 heterocycles. The van der Waals surface area contributed by atoms with Gasteiger partial charge in [-0.25, -0.2) is 0 Å². The summed E-state index contributed by atoms with van der Waals surface area (Å²) in [6.45, 7) is 0. The summed E-state index contributed by atoms with van der Waals surface area (Å²) in [7, 11) is -9.51. The molecule has 0 aromatic carbocycles. The van der Waals surface area contributed by atoms with E-state index in [1.807, 2.05) is 0 Å². The van der Waals surface area contributed by atoms with Crippen LogP contribution in [0, 0.1) is 0 Å². The minimum absolute atomic E-state index is 0.0957. The first-order valence-corrected chi connectivity index (χ1v) is 7.54. The van der Waals surface area contributed by atoms with Gasteiger partial charge in [-0.15, -0.1) is 0 Å². The maximum absolute atomic E-state index is 11.2. The summed E-state index contributed by atoms with van der Waals surface area (Å²) < 4.78 is 22.3. The summed E-state index contributed by atoms with van der Waals surface area (Å²) in [5.74, 6) is 0. The van der Waals surface area contributed by atoms with Crippen molar-refractivity contribution in [3.63, 3.8) is 0 Å². The zero-order valence-corrected chi connectivity index (χ0v) is 9.32. The van der Waals surface area contributed by atoms with Gasteiger partial charge in [-0.2, -0.15) is 0 Å². The van der Waals surface area contributed by atoms with Gasteiger partial charge >= 0.3 is 15.2 Å². The molecule has 0 unspecified atom stereocenters. The Kier molecular flexibility index (Phi) is 3.27. The highest BCUT2D eigenvalue weighted by molar-refractivity contribution is 7.72. The molecule has 14 heavy (non-hydrogen) atoms. The van der Waals surface area contributed by atoms with Gasteiger partial charge in [0.05, 0.1) is 0 Å². The quantitative estimate of drug-likeness (QED) is 0.538. The van der Waals surface area contributed by atoms with Gasteiger partial charge in [-0.3, -0.25) is 9.13 Å². The highest BCUT2D eigenvalue weighted by Gasteiger charge is 2.59. The molecule has 1 saturated carbocycles. The second kappa shape index (κ2) is 3.71. The van der Waals surface area contributed by atoms with Gasteiger partial charge in [-0.1, -0.05) is 19.3 Å². The molecule has 1 aliphatic carbocycles. The first-order valence-electron chi connectivity index (χ1n) is 4.32. The van der Waals surface area contributed by atoms with Crippen LogP contribution in [0.4, 0.5) is 0 Å². The minimum atomic E-state index is -4.76. The SMILES string of the molecule is O=P(O)(O)C1(P(=O)(O)O)CCCCC1. The summed E-state index contributed by atoms with van der Waals surface area (Å²) in [6.07, 6.45) is 1.48. The van der Waals surface area contributed by atoms with E-state index in [0.29, 0.717) is 12.8 Å². The molecule has 84 valence electrons. The highest BCUT2D eigenvalue weighted by Crippen LogP contribution is 2.73. The zero-order valence-electron chi connectivity index (χ0n) is 7.54. The molecule has 4 N–H and O–H groups in total. The van der Waals surface area contributed by atoms with Crippen LogP contribution in [0.2, 0.25) is 0 Å². The van der Waals surface area contributed by atoms with E-state index in [1.165, 1.54) is 0 Å². The molecule has 1 rings (SSSR count). The molecule has 0 amide bonds. The summed E-state index contributed by atoms with van der Waals surface area (Å²) in [6, 6.07) is 0. The van der Waals surface area contributed by atoms with Crippen LogP contribution in [0.25, 0.3) is 0 Å². The molecule has 1 aliphatic rings. The van der Waals surface area contributed by atoms with Crippen molar-refractivity contribution in [2.24, 2.45) is 0 Å². The average Bonchev–Trinajstić information content (AvgIpc) is 2.02. The van der Waals surface area contributed by atoms with Crippen molar-refractivity contribution in [2.45, 2.75) is 37.0 Å². The van der Waals surface area contributed by atoms with Crippen LogP contribution < -0.4 is 0 Å². The largest absolute Gasteiger partial charge is 0.343 e. The van der Waals surface area contributed by atoms with Crippen molar-refractivity contribution in [3.8, 4) is 0 Å². The van der Waals surface area contributed by atoms with Crippen molar-refractivity contribution in [1.29, 1.82) is 0 Å². The zero-order chi connectivity index (χ0) is 11.0. The third-order valence-corrected chi connectivity index (χ3v) is 7.37. The van der Waals surface area contributed by atoms with Crippen molar-refractivity contribution in [1.82, 2.24) is 0 Å². The lowest BCUT2D eigenvalue weighted by Gasteiger charge is -2.37. The molecule has 0 saturated heterocycles. The minimum Gasteiger partial charge on any atom is -0.324 e. The standard InChI is InChI=1S/C6H14O6P2/c7-13(8,9)6(14(10,11)12)4-2-1-3-5-6/h1-5H2,(H2,7,8,9)(H2,10,11,12). The Hall–Kier alpha value is 0.300. The summed E-state index contributed by atoms with van der Waals surface area (Å²) in [4.78, 5) is 34.1. The van der Waals surface area contributed by atoms with Gasteiger partial charge in [0, 0.05) is 0 Å². The van der Waals surface area contributed by atoms with E-state index >= 15 is 0 Å². The summed E-state index contributed by atoms with van der Waals surface area (Å²) in [5, 5.41) is 0. The van der Waals surface area contributed by atoms with E-state index in [-0.39, 0.29) is 12.8 Å². The molecular formula is C6H14O6P2. The third kappa shape index (κ3) is 1.96. The van der Waals surface area contributed by atoms with E-state index in [4.69, 9.17) is 19.6 Å². The number of hydrogen-bond acceptors (Lipinski definition) is 2. The fourth-order valence-corrected chi connectivity index (χ4v) is 5.03. The second-order valence-electron chi connectivity index (χ2n) is 3.63. The van der Waals surface area contributed by atoms with Crippen LogP contribution in [-0.4, -0.2) is 24.5 Å². The van der Waals surface area contributed by atoms with Crippen LogP contribution in [0.1, 0.15) is 32.1 Å². The van der Waals surface area contributed by atoms with E-state index in [1.54, 1.807) is 0 Å². The van der Waals surface area contributed by atoms with E-state index in [9.17, 15) is 9.13 Å². The van der Waals surface area contributed by atoms with Gasteiger partial charge in [0.25, 0.3) is 0 Å². The molecule has 0 bridgehead atoms. The fraction of sp³-hybridized carbons (Fsp3) is 1.00. The molecule has 1 fully saturated rings. The van der Waals surface area contributed by atoms with Crippen molar-refractivity contribution < 1.29 is 28.7 Å². The van der Waals surface area contributed by atoms with Gasteiger partial charge in [0.1, 0.15) is 0 Å². The maximum Gasteiger partial charge on any atom is 0.343 e. The Balaban J connectivity index is 3.15. The Labute approximate surface area is 81.7 Å². The highest BCUT2D eigenvalue weighted by atomic mass is 31.2. The Morgan fingerprint density at radius 3 is 1.36 bits per heavy atom. The lowest BCUT2D eigenvalue weighted by Crippen LogP contribution is -2.31. The van der Waals surface area contributed by atoms with E-state index < -0.39 is 20.1 Å². The van der Waals surface area contributed by atoms with Gasteiger partial charge < -0.3 is 19.6 Å². The molecule has 0 spiro atoms. The van der Waals surface area contributed by atoms with Gasteiger partial charge in [0.15, 0.2) is 4.90 Å². The van der Waals surface area contributed by atoms with Crippen molar-refractivity contribution in [3.05, 3.63) is 0 Å². The third-order valence-electron chi connectivity index (χ3n) is 2.74. The number of rotatable bonds is 2. The average molecular weight is 244 g/mol. The Bertz CT molecular complexity index is 271. The summed E-state index contributed by atoms with van der Waals surface area (Å²) >= 11 is 0. The molecule has 0 aromatic heterocycles. The van der Waals surface area contributed by atoms with Crippen molar-refractivity contribution in [2.75, 3.05) is 0 Å². The molecule has 8 heteroatoms. The predicted octanol–water partition coefficient (Wildman–Crippen LogP) is 1.00. The van der Waals surface area contributed by atoms with Crippen LogP contribution in [0.15, 0.2) is 0 Å². The molecule has 0 aliphatic heterocycles. The Morgan fingerprint density at radius 2 is 1.14 bits per heavy atom. The molecule has 0 aromatic rings. The smallest absolute Gasteiger partial charge is 0.324 e. The van der Waals surface area contributed by atoms with Gasteiger partial charge in [0.2, 0.25) is 0 Å². The lowest BCUT2D eigenvalue weighted by atomic mass is 10.00. The van der Waals surface area contributed by atoms with Crippen molar-refractivity contribution >= 4 is 15.2 Å². The summed E-state index contributed by atoms with van der Waals surface area (Å²) in [5.41, 5.74) is 0. The van der Waals surface area contributed by atoms with Crippen LogP contribution in [-0.2, 0) is 9.13 Å². The van der Waals surface area contributed by atoms with Crippen LogP contribution in [0.3, 0.4) is 0 Å². The lowest BCUT2D eigenvalue weighted by molar-refractivity contribution is 0.276. The maximum atomic E-state index is 11.2. The van der Waals surface area contributed by atoms with Crippen LogP contribution >= 0.6 is 15.2 Å². The first kappa shape index (κ1) is 12.4. The second-order valence-corrected chi connectivity index (χ2v) is 7.87. The Morgan fingerprint density at radius 1 is 0.786 bits per heavy atom. The monoisotopic (exact) mass is 244 g/mol. The predicted molar refractivity (Wildman–Crippen MR) is 49.9 cm³/mol. The van der Waals surface area contributed by atoms with E-state index in [0.717, 1.165) is 6.42 Å².